The molecule has 152 valence electrons. The van der Waals surface area contributed by atoms with Crippen LogP contribution in [0.1, 0.15) is 35.0 Å². The maximum atomic E-state index is 12.9. The van der Waals surface area contributed by atoms with Gasteiger partial charge in [0.05, 0.1) is 17.5 Å². The van der Waals surface area contributed by atoms with Crippen LogP contribution in [0.2, 0.25) is 0 Å². The summed E-state index contributed by atoms with van der Waals surface area (Å²) >= 11 is 1.56. The number of aromatic nitrogens is 3. The fourth-order valence-electron chi connectivity index (χ4n) is 2.58. The smallest absolute Gasteiger partial charge is 0.321 e. The summed E-state index contributed by atoms with van der Waals surface area (Å²) in [5.74, 6) is 0.351. The number of carbonyl (C=O) groups is 1. The maximum Gasteiger partial charge on any atom is 0.416 e. The first-order valence-corrected chi connectivity index (χ1v) is 9.86. The Morgan fingerprint density at radius 3 is 2.76 bits per heavy atom. The lowest BCUT2D eigenvalue weighted by Crippen LogP contribution is -2.16. The third-order valence-electron chi connectivity index (χ3n) is 4.04. The maximum absolute atomic E-state index is 12.9. The fraction of sp³-hybridized carbons (Fsp3) is 0.250. The minimum Gasteiger partial charge on any atom is -0.321 e. The number of aryl methyl sites for hydroxylation is 1. The molecule has 0 radical (unpaired) electrons. The lowest BCUT2D eigenvalue weighted by Gasteiger charge is -2.11. The van der Waals surface area contributed by atoms with Gasteiger partial charge in [0.15, 0.2) is 0 Å². The number of carbonyl (C=O) groups excluding carboxylic acids is 1. The van der Waals surface area contributed by atoms with E-state index in [1.807, 2.05) is 6.20 Å². The van der Waals surface area contributed by atoms with Crippen LogP contribution in [0, 0.1) is 6.92 Å². The van der Waals surface area contributed by atoms with Crippen molar-refractivity contribution in [3.05, 3.63) is 65.6 Å². The summed E-state index contributed by atoms with van der Waals surface area (Å²) in [6.07, 6.45) is 0.0224. The van der Waals surface area contributed by atoms with Crippen molar-refractivity contribution in [1.29, 1.82) is 0 Å². The van der Waals surface area contributed by atoms with Crippen molar-refractivity contribution in [2.45, 2.75) is 26.4 Å². The zero-order valence-corrected chi connectivity index (χ0v) is 16.6. The van der Waals surface area contributed by atoms with Gasteiger partial charge in [-0.1, -0.05) is 19.1 Å². The van der Waals surface area contributed by atoms with Crippen LogP contribution in [0.4, 0.5) is 18.9 Å². The highest BCUT2D eigenvalue weighted by atomic mass is 32.2. The van der Waals surface area contributed by atoms with Crippen molar-refractivity contribution < 1.29 is 18.0 Å². The Kier molecular flexibility index (Phi) is 6.26. The highest BCUT2D eigenvalue weighted by molar-refractivity contribution is 7.97. The van der Waals surface area contributed by atoms with Crippen molar-refractivity contribution in [1.82, 2.24) is 14.2 Å². The molecule has 0 aliphatic heterocycles. The number of alkyl halides is 3. The Morgan fingerprint density at radius 1 is 1.24 bits per heavy atom. The third-order valence-corrected chi connectivity index (χ3v) is 5.10. The second kappa shape index (κ2) is 8.69. The number of nitrogens with zero attached hydrogens (tertiary/aromatic N) is 3. The van der Waals surface area contributed by atoms with Crippen molar-refractivity contribution in [3.63, 3.8) is 0 Å². The highest BCUT2D eigenvalue weighted by Crippen LogP contribution is 2.31. The third kappa shape index (κ3) is 5.17. The predicted molar refractivity (Wildman–Crippen MR) is 108 cm³/mol. The van der Waals surface area contributed by atoms with Crippen LogP contribution in [0.25, 0.3) is 11.3 Å². The predicted octanol–water partition coefficient (Wildman–Crippen LogP) is 5.43. The molecule has 0 bridgehead atoms. The van der Waals surface area contributed by atoms with E-state index < -0.39 is 17.6 Å². The Morgan fingerprint density at radius 2 is 2.03 bits per heavy atom. The molecular weight excluding hydrogens is 401 g/mol. The van der Waals surface area contributed by atoms with Gasteiger partial charge in [-0.2, -0.15) is 18.3 Å². The molecule has 2 heterocycles. The number of rotatable bonds is 6. The van der Waals surface area contributed by atoms with Crippen LogP contribution in [-0.4, -0.2) is 25.8 Å². The normalized spacial score (nSPS) is 11.5. The molecule has 1 N–H and O–H groups in total. The molecule has 1 amide bonds. The first-order valence-electron chi connectivity index (χ1n) is 8.92. The van der Waals surface area contributed by atoms with E-state index in [2.05, 4.69) is 22.3 Å². The summed E-state index contributed by atoms with van der Waals surface area (Å²) < 4.78 is 40.4. The van der Waals surface area contributed by atoms with Gasteiger partial charge in [-0.15, -0.1) is 0 Å². The molecule has 0 spiro atoms. The summed E-state index contributed by atoms with van der Waals surface area (Å²) in [5, 5.41) is 6.76. The molecule has 0 aliphatic rings. The quantitative estimate of drug-likeness (QED) is 0.578. The molecule has 0 unspecified atom stereocenters. The van der Waals surface area contributed by atoms with E-state index in [1.54, 1.807) is 41.3 Å². The molecule has 3 rings (SSSR count). The molecule has 1 aromatic carbocycles. The lowest BCUT2D eigenvalue weighted by molar-refractivity contribution is -0.137. The van der Waals surface area contributed by atoms with Gasteiger partial charge in [0.25, 0.3) is 5.91 Å². The minimum absolute atomic E-state index is 0.0558. The second-order valence-corrected chi connectivity index (χ2v) is 7.40. The molecule has 3 aromatic rings. The van der Waals surface area contributed by atoms with Crippen LogP contribution < -0.4 is 5.32 Å². The van der Waals surface area contributed by atoms with E-state index in [4.69, 9.17) is 0 Å². The Balaban J connectivity index is 1.83. The Bertz CT molecular complexity index is 1020. The zero-order chi connectivity index (χ0) is 21.0. The monoisotopic (exact) mass is 420 g/mol. The molecule has 5 nitrogen and oxygen atoms in total. The number of halogens is 3. The summed E-state index contributed by atoms with van der Waals surface area (Å²) in [6, 6.07) is 8.03. The Hall–Kier alpha value is -2.81. The average molecular weight is 420 g/mol. The Labute approximate surface area is 170 Å². The van der Waals surface area contributed by atoms with Gasteiger partial charge in [0, 0.05) is 23.2 Å². The number of amides is 1. The van der Waals surface area contributed by atoms with Crippen LogP contribution in [-0.2, 0) is 6.18 Å². The summed E-state index contributed by atoms with van der Waals surface area (Å²) in [6.45, 7) is 3.80. The number of hydrogen-bond acceptors (Lipinski definition) is 4. The molecule has 9 heteroatoms. The highest BCUT2D eigenvalue weighted by Gasteiger charge is 2.30. The first kappa shape index (κ1) is 20.9. The summed E-state index contributed by atoms with van der Waals surface area (Å²) in [7, 11) is 0. The summed E-state index contributed by atoms with van der Waals surface area (Å²) in [5.41, 5.74) is 1.31. The fourth-order valence-corrected chi connectivity index (χ4v) is 3.25. The van der Waals surface area contributed by atoms with Gasteiger partial charge in [-0.05, 0) is 55.1 Å². The molecule has 0 aliphatic carbocycles. The van der Waals surface area contributed by atoms with E-state index in [-0.39, 0.29) is 11.4 Å². The van der Waals surface area contributed by atoms with Gasteiger partial charge in [0.1, 0.15) is 5.69 Å². The van der Waals surface area contributed by atoms with Crippen molar-refractivity contribution in [3.8, 4) is 11.3 Å². The van der Waals surface area contributed by atoms with Crippen LogP contribution >= 0.6 is 11.9 Å². The zero-order valence-electron chi connectivity index (χ0n) is 15.8. The standard InChI is InChI=1S/C20H19F3N4OS/c1-3-9-29-27-12-14(11-24-27)17-8-7-13(2)18(26-17)19(28)25-16-6-4-5-15(10-16)20(21,22)23/h4-8,10-12H,3,9H2,1-2H3,(H,25,28). The van der Waals surface area contributed by atoms with E-state index in [0.717, 1.165) is 29.9 Å². The minimum atomic E-state index is -4.48. The van der Waals surface area contributed by atoms with Crippen molar-refractivity contribution >= 4 is 23.5 Å². The number of nitrogens with one attached hydrogen (secondary N) is 1. The van der Waals surface area contributed by atoms with Gasteiger partial charge >= 0.3 is 6.18 Å². The van der Waals surface area contributed by atoms with E-state index in [9.17, 15) is 18.0 Å². The van der Waals surface area contributed by atoms with Gasteiger partial charge in [-0.25, -0.2) is 9.07 Å². The van der Waals surface area contributed by atoms with Crippen LogP contribution in [0.15, 0.2) is 48.8 Å². The van der Waals surface area contributed by atoms with Gasteiger partial charge in [0.2, 0.25) is 0 Å². The van der Waals surface area contributed by atoms with Crippen molar-refractivity contribution in [2.75, 3.05) is 11.1 Å². The van der Waals surface area contributed by atoms with E-state index >= 15 is 0 Å². The van der Waals surface area contributed by atoms with Gasteiger partial charge in [-0.3, -0.25) is 4.79 Å². The topological polar surface area (TPSA) is 59.8 Å². The number of anilines is 1. The van der Waals surface area contributed by atoms with E-state index in [1.165, 1.54) is 12.1 Å². The first-order chi connectivity index (χ1) is 13.8. The van der Waals surface area contributed by atoms with Gasteiger partial charge < -0.3 is 5.32 Å². The molecule has 29 heavy (non-hydrogen) atoms. The largest absolute Gasteiger partial charge is 0.416 e. The lowest BCUT2D eigenvalue weighted by atomic mass is 10.1. The molecular formula is C20H19F3N4OS. The number of pyridine rings is 1. The number of benzene rings is 1. The molecule has 0 fully saturated rings. The van der Waals surface area contributed by atoms with Crippen LogP contribution in [0.3, 0.4) is 0 Å². The molecule has 0 saturated carbocycles. The second-order valence-electron chi connectivity index (χ2n) is 6.36. The van der Waals surface area contributed by atoms with Crippen LogP contribution in [0.5, 0.6) is 0 Å². The average Bonchev–Trinajstić information content (AvgIpc) is 3.15. The van der Waals surface area contributed by atoms with E-state index in [0.29, 0.717) is 11.3 Å². The molecule has 0 atom stereocenters. The molecule has 2 aromatic heterocycles. The number of hydrogen-bond donors (Lipinski definition) is 1. The van der Waals surface area contributed by atoms with Crippen molar-refractivity contribution in [2.24, 2.45) is 0 Å². The summed E-state index contributed by atoms with van der Waals surface area (Å²) in [4.78, 5) is 17.1. The molecule has 0 saturated heterocycles. The SMILES string of the molecule is CCCSn1cc(-c2ccc(C)c(C(=O)Nc3cccc(C(F)(F)F)c3)n2)cn1.